The third-order valence-corrected chi connectivity index (χ3v) is 4.62. The molecule has 1 aliphatic heterocycles. The van der Waals surface area contributed by atoms with Crippen LogP contribution in [-0.2, 0) is 4.79 Å². The monoisotopic (exact) mass is 344 g/mol. The molecule has 0 radical (unpaired) electrons. The van der Waals surface area contributed by atoms with Crippen molar-refractivity contribution in [3.63, 3.8) is 0 Å². The lowest BCUT2D eigenvalue weighted by Gasteiger charge is -2.22. The van der Waals surface area contributed by atoms with Crippen LogP contribution in [0.4, 0.5) is 16.2 Å². The van der Waals surface area contributed by atoms with E-state index in [9.17, 15) is 19.7 Å². The molecule has 2 heterocycles. The molecule has 122 valence electrons. The molecule has 0 saturated carbocycles. The number of carbonyl (C=O) groups is 2. The Morgan fingerprint density at radius 1 is 1.25 bits per heavy atom. The van der Waals surface area contributed by atoms with Crippen LogP contribution in [0.5, 0.6) is 0 Å². The van der Waals surface area contributed by atoms with Crippen LogP contribution >= 0.6 is 11.8 Å². The highest BCUT2D eigenvalue weighted by Crippen LogP contribution is 2.39. The SMILES string of the molecule is O=C1CSC(c2ccc([N+](=O)[O-])cc2)N1C(=O)Nc1ccncc1. The number of urea groups is 1. The Bertz CT molecular complexity index is 782. The van der Waals surface area contributed by atoms with Crippen LogP contribution in [0.3, 0.4) is 0 Å². The van der Waals surface area contributed by atoms with E-state index >= 15 is 0 Å². The normalized spacial score (nSPS) is 16.9. The number of imide groups is 1. The van der Waals surface area contributed by atoms with Gasteiger partial charge in [0.25, 0.3) is 5.69 Å². The molecule has 1 atom stereocenters. The first kappa shape index (κ1) is 15.9. The topological polar surface area (TPSA) is 105 Å². The second-order valence-corrected chi connectivity index (χ2v) is 6.01. The quantitative estimate of drug-likeness (QED) is 0.678. The molecule has 9 heteroatoms. The maximum Gasteiger partial charge on any atom is 0.329 e. The van der Waals surface area contributed by atoms with Crippen molar-refractivity contribution in [2.45, 2.75) is 5.37 Å². The lowest BCUT2D eigenvalue weighted by molar-refractivity contribution is -0.384. The van der Waals surface area contributed by atoms with Crippen LogP contribution in [0.15, 0.2) is 48.8 Å². The number of nitrogens with zero attached hydrogens (tertiary/aromatic N) is 3. The molecular weight excluding hydrogens is 332 g/mol. The number of anilines is 1. The van der Waals surface area contributed by atoms with Gasteiger partial charge in [0.2, 0.25) is 5.91 Å². The number of pyridine rings is 1. The van der Waals surface area contributed by atoms with Gasteiger partial charge in [-0.25, -0.2) is 9.69 Å². The van der Waals surface area contributed by atoms with Crippen LogP contribution in [-0.4, -0.2) is 32.5 Å². The van der Waals surface area contributed by atoms with Crippen LogP contribution in [0.1, 0.15) is 10.9 Å². The van der Waals surface area contributed by atoms with Gasteiger partial charge < -0.3 is 5.32 Å². The second kappa shape index (κ2) is 6.67. The van der Waals surface area contributed by atoms with Crippen LogP contribution in [0.25, 0.3) is 0 Å². The largest absolute Gasteiger partial charge is 0.329 e. The van der Waals surface area contributed by atoms with Gasteiger partial charge in [-0.2, -0.15) is 0 Å². The molecule has 3 rings (SSSR count). The van der Waals surface area contributed by atoms with Crippen molar-refractivity contribution in [1.82, 2.24) is 9.88 Å². The number of non-ortho nitro benzene ring substituents is 1. The highest BCUT2D eigenvalue weighted by atomic mass is 32.2. The van der Waals surface area contributed by atoms with E-state index in [1.165, 1.54) is 36.3 Å². The number of nitrogens with one attached hydrogen (secondary N) is 1. The molecule has 1 aromatic heterocycles. The van der Waals surface area contributed by atoms with Gasteiger partial charge in [-0.15, -0.1) is 11.8 Å². The fraction of sp³-hybridized carbons (Fsp3) is 0.133. The predicted molar refractivity (Wildman–Crippen MR) is 88.4 cm³/mol. The molecular formula is C15H12N4O4S. The Kier molecular flexibility index (Phi) is 4.43. The number of hydrogen-bond acceptors (Lipinski definition) is 6. The molecule has 1 saturated heterocycles. The van der Waals surface area contributed by atoms with Gasteiger partial charge in [-0.1, -0.05) is 0 Å². The van der Waals surface area contributed by atoms with Crippen molar-refractivity contribution >= 4 is 35.1 Å². The van der Waals surface area contributed by atoms with Crippen molar-refractivity contribution in [2.75, 3.05) is 11.1 Å². The average Bonchev–Trinajstić information content (AvgIpc) is 2.97. The Balaban J connectivity index is 1.81. The molecule has 1 fully saturated rings. The molecule has 24 heavy (non-hydrogen) atoms. The Morgan fingerprint density at radius 2 is 1.92 bits per heavy atom. The second-order valence-electron chi connectivity index (χ2n) is 4.94. The van der Waals surface area contributed by atoms with Crippen molar-refractivity contribution < 1.29 is 14.5 Å². The zero-order chi connectivity index (χ0) is 17.1. The maximum absolute atomic E-state index is 12.4. The number of thioether (sulfide) groups is 1. The molecule has 1 aliphatic rings. The number of nitro benzene ring substituents is 1. The van der Waals surface area contributed by atoms with E-state index in [1.807, 2.05) is 0 Å². The van der Waals surface area contributed by atoms with Crippen molar-refractivity contribution in [1.29, 1.82) is 0 Å². The molecule has 2 aromatic rings. The summed E-state index contributed by atoms with van der Waals surface area (Å²) in [5.41, 5.74) is 1.14. The van der Waals surface area contributed by atoms with Gasteiger partial charge in [0, 0.05) is 30.2 Å². The fourth-order valence-electron chi connectivity index (χ4n) is 2.27. The standard InChI is InChI=1S/C15H12N4O4S/c20-13-9-24-14(10-1-3-12(4-2-10)19(22)23)18(13)15(21)17-11-5-7-16-8-6-11/h1-8,14H,9H2,(H,16,17,21). The first-order valence-electron chi connectivity index (χ1n) is 6.95. The van der Waals surface area contributed by atoms with Gasteiger partial charge in [-0.3, -0.25) is 19.9 Å². The van der Waals surface area contributed by atoms with E-state index in [0.29, 0.717) is 11.3 Å². The Hall–Kier alpha value is -2.94. The number of carbonyl (C=O) groups excluding carboxylic acids is 2. The maximum atomic E-state index is 12.4. The van der Waals surface area contributed by atoms with Crippen molar-refractivity contribution in [3.05, 3.63) is 64.5 Å². The molecule has 8 nitrogen and oxygen atoms in total. The fourth-order valence-corrected chi connectivity index (χ4v) is 3.42. The average molecular weight is 344 g/mol. The van der Waals surface area contributed by atoms with Crippen LogP contribution in [0, 0.1) is 10.1 Å². The minimum absolute atomic E-state index is 0.0409. The zero-order valence-corrected chi connectivity index (χ0v) is 13.1. The van der Waals surface area contributed by atoms with E-state index in [-0.39, 0.29) is 17.3 Å². The Labute approximate surface area is 141 Å². The molecule has 0 aliphatic carbocycles. The lowest BCUT2D eigenvalue weighted by atomic mass is 10.2. The smallest absolute Gasteiger partial charge is 0.307 e. The lowest BCUT2D eigenvalue weighted by Crippen LogP contribution is -2.37. The highest BCUT2D eigenvalue weighted by Gasteiger charge is 2.37. The molecule has 1 N–H and O–H groups in total. The van der Waals surface area contributed by atoms with Gasteiger partial charge in [-0.05, 0) is 29.8 Å². The number of amides is 3. The summed E-state index contributed by atoms with van der Waals surface area (Å²) in [6.07, 6.45) is 3.06. The first-order chi connectivity index (χ1) is 11.6. The summed E-state index contributed by atoms with van der Waals surface area (Å²) < 4.78 is 0. The number of hydrogen-bond donors (Lipinski definition) is 1. The van der Waals surface area contributed by atoms with Gasteiger partial charge >= 0.3 is 6.03 Å². The first-order valence-corrected chi connectivity index (χ1v) is 8.00. The summed E-state index contributed by atoms with van der Waals surface area (Å²) in [4.78, 5) is 39.7. The highest BCUT2D eigenvalue weighted by molar-refractivity contribution is 8.00. The van der Waals surface area contributed by atoms with Crippen molar-refractivity contribution in [2.24, 2.45) is 0 Å². The zero-order valence-electron chi connectivity index (χ0n) is 12.3. The summed E-state index contributed by atoms with van der Waals surface area (Å²) in [7, 11) is 0. The third kappa shape index (κ3) is 3.20. The van der Waals surface area contributed by atoms with E-state index in [1.54, 1.807) is 24.3 Å². The summed E-state index contributed by atoms with van der Waals surface area (Å²) in [5, 5.41) is 12.9. The summed E-state index contributed by atoms with van der Waals surface area (Å²) >= 11 is 1.30. The van der Waals surface area contributed by atoms with E-state index in [4.69, 9.17) is 0 Å². The van der Waals surface area contributed by atoms with Gasteiger partial charge in [0.1, 0.15) is 5.37 Å². The number of rotatable bonds is 3. The van der Waals surface area contributed by atoms with Gasteiger partial charge in [0.05, 0.1) is 10.7 Å². The number of aromatic nitrogens is 1. The van der Waals surface area contributed by atoms with Gasteiger partial charge in [0.15, 0.2) is 0 Å². The third-order valence-electron chi connectivity index (χ3n) is 3.41. The summed E-state index contributed by atoms with van der Waals surface area (Å²) in [6, 6.07) is 8.52. The predicted octanol–water partition coefficient (Wildman–Crippen LogP) is 2.80. The Morgan fingerprint density at radius 3 is 2.54 bits per heavy atom. The summed E-state index contributed by atoms with van der Waals surface area (Å²) in [6.45, 7) is 0. The number of benzene rings is 1. The summed E-state index contributed by atoms with van der Waals surface area (Å²) in [5.74, 6) is -0.138. The number of nitro groups is 1. The molecule has 1 unspecified atom stereocenters. The molecule has 1 aromatic carbocycles. The molecule has 0 spiro atoms. The minimum Gasteiger partial charge on any atom is -0.307 e. The van der Waals surface area contributed by atoms with E-state index in [2.05, 4.69) is 10.3 Å². The van der Waals surface area contributed by atoms with Crippen LogP contribution in [0.2, 0.25) is 0 Å². The van der Waals surface area contributed by atoms with E-state index < -0.39 is 16.3 Å². The molecule has 3 amide bonds. The minimum atomic E-state index is -0.542. The molecule has 0 bridgehead atoms. The van der Waals surface area contributed by atoms with Crippen LogP contribution < -0.4 is 5.32 Å². The van der Waals surface area contributed by atoms with E-state index in [0.717, 1.165) is 4.90 Å². The van der Waals surface area contributed by atoms with Crippen molar-refractivity contribution in [3.8, 4) is 0 Å².